The molecular weight excluding hydrogens is 257 g/mol. The smallest absolute Gasteiger partial charge is 0.221 e. The first-order chi connectivity index (χ1) is 9.56. The molecule has 5 heteroatoms. The number of hydrogen-bond acceptors (Lipinski definition) is 3. The molecule has 0 aliphatic heterocycles. The molecule has 0 heterocycles. The summed E-state index contributed by atoms with van der Waals surface area (Å²) >= 11 is 0. The number of anilines is 3. The summed E-state index contributed by atoms with van der Waals surface area (Å²) in [5.41, 5.74) is 2.16. The summed E-state index contributed by atoms with van der Waals surface area (Å²) in [4.78, 5) is 10.9. The summed E-state index contributed by atoms with van der Waals surface area (Å²) in [6, 6.07) is 12.9. The molecule has 2 aromatic carbocycles. The second-order valence-corrected chi connectivity index (χ2v) is 4.22. The largest absolute Gasteiger partial charge is 0.355 e. The topological polar surface area (TPSA) is 64.9 Å². The standard InChI is InChI=1S/C15H12FN3O/c1-10(20)18-13-2-4-14(5-3-13)19-15-7-11(9-17)6-12(16)8-15/h2-8,19H,1H3,(H,18,20). The van der Waals surface area contributed by atoms with Gasteiger partial charge in [0.2, 0.25) is 5.91 Å². The van der Waals surface area contributed by atoms with Gasteiger partial charge in [-0.15, -0.1) is 0 Å². The van der Waals surface area contributed by atoms with Crippen LogP contribution in [0.4, 0.5) is 21.5 Å². The van der Waals surface area contributed by atoms with Gasteiger partial charge in [0.05, 0.1) is 11.6 Å². The molecule has 0 aliphatic carbocycles. The SMILES string of the molecule is CC(=O)Nc1ccc(Nc2cc(F)cc(C#N)c2)cc1. The van der Waals surface area contributed by atoms with Crippen LogP contribution in [-0.4, -0.2) is 5.91 Å². The highest BCUT2D eigenvalue weighted by molar-refractivity contribution is 5.88. The number of hydrogen-bond donors (Lipinski definition) is 2. The number of nitrogens with one attached hydrogen (secondary N) is 2. The van der Waals surface area contributed by atoms with Crippen molar-refractivity contribution >= 4 is 23.0 Å². The molecule has 2 aromatic rings. The van der Waals surface area contributed by atoms with Crippen LogP contribution in [0.1, 0.15) is 12.5 Å². The summed E-state index contributed by atoms with van der Waals surface area (Å²) in [5, 5.41) is 14.4. The van der Waals surface area contributed by atoms with E-state index in [1.807, 2.05) is 6.07 Å². The first-order valence-corrected chi connectivity index (χ1v) is 5.92. The van der Waals surface area contributed by atoms with Gasteiger partial charge in [-0.05, 0) is 42.5 Å². The molecule has 20 heavy (non-hydrogen) atoms. The summed E-state index contributed by atoms with van der Waals surface area (Å²) in [7, 11) is 0. The maximum absolute atomic E-state index is 13.3. The summed E-state index contributed by atoms with van der Waals surface area (Å²) in [5.74, 6) is -0.615. The Kier molecular flexibility index (Phi) is 3.96. The molecule has 0 saturated heterocycles. The molecule has 0 fully saturated rings. The molecular formula is C15H12FN3O. The van der Waals surface area contributed by atoms with Gasteiger partial charge in [0.25, 0.3) is 0 Å². The van der Waals surface area contributed by atoms with Crippen molar-refractivity contribution in [2.24, 2.45) is 0 Å². The van der Waals surface area contributed by atoms with Crippen LogP contribution < -0.4 is 10.6 Å². The summed E-state index contributed by atoms with van der Waals surface area (Å²) < 4.78 is 13.3. The normalized spacial score (nSPS) is 9.65. The second-order valence-electron chi connectivity index (χ2n) is 4.22. The highest BCUT2D eigenvalue weighted by Crippen LogP contribution is 2.21. The maximum atomic E-state index is 13.3. The number of carbonyl (C=O) groups is 1. The van der Waals surface area contributed by atoms with Gasteiger partial charge in [0.1, 0.15) is 5.82 Å². The minimum Gasteiger partial charge on any atom is -0.355 e. The Morgan fingerprint density at radius 3 is 2.35 bits per heavy atom. The summed E-state index contributed by atoms with van der Waals surface area (Å²) in [6.07, 6.45) is 0. The average molecular weight is 269 g/mol. The Morgan fingerprint density at radius 2 is 1.75 bits per heavy atom. The van der Waals surface area contributed by atoms with Crippen molar-refractivity contribution in [1.82, 2.24) is 0 Å². The lowest BCUT2D eigenvalue weighted by molar-refractivity contribution is -0.114. The number of benzene rings is 2. The highest BCUT2D eigenvalue weighted by Gasteiger charge is 2.02. The fourth-order valence-corrected chi connectivity index (χ4v) is 1.73. The van der Waals surface area contributed by atoms with Crippen molar-refractivity contribution < 1.29 is 9.18 Å². The van der Waals surface area contributed by atoms with Crippen molar-refractivity contribution in [3.05, 3.63) is 53.8 Å². The van der Waals surface area contributed by atoms with E-state index in [0.717, 1.165) is 5.69 Å². The third-order valence-corrected chi connectivity index (χ3v) is 2.52. The van der Waals surface area contributed by atoms with Gasteiger partial charge in [0.15, 0.2) is 0 Å². The third-order valence-electron chi connectivity index (χ3n) is 2.52. The number of nitriles is 1. The number of rotatable bonds is 3. The molecule has 2 N–H and O–H groups in total. The number of carbonyl (C=O) groups excluding carboxylic acids is 1. The molecule has 100 valence electrons. The molecule has 0 atom stereocenters. The van der Waals surface area contributed by atoms with E-state index in [1.165, 1.54) is 19.1 Å². The minimum atomic E-state index is -0.471. The van der Waals surface area contributed by atoms with Crippen LogP contribution >= 0.6 is 0 Å². The van der Waals surface area contributed by atoms with Crippen LogP contribution in [0.25, 0.3) is 0 Å². The van der Waals surface area contributed by atoms with E-state index in [0.29, 0.717) is 11.4 Å². The zero-order valence-electron chi connectivity index (χ0n) is 10.8. The molecule has 0 spiro atoms. The first kappa shape index (κ1) is 13.6. The number of halogens is 1. The predicted octanol–water partition coefficient (Wildman–Crippen LogP) is 3.40. The fourth-order valence-electron chi connectivity index (χ4n) is 1.73. The minimum absolute atomic E-state index is 0.144. The van der Waals surface area contributed by atoms with Gasteiger partial charge >= 0.3 is 0 Å². The van der Waals surface area contributed by atoms with Crippen LogP contribution in [0.3, 0.4) is 0 Å². The average Bonchev–Trinajstić information content (AvgIpc) is 2.39. The maximum Gasteiger partial charge on any atom is 0.221 e. The van der Waals surface area contributed by atoms with E-state index in [2.05, 4.69) is 10.6 Å². The van der Waals surface area contributed by atoms with Gasteiger partial charge in [-0.1, -0.05) is 0 Å². The van der Waals surface area contributed by atoms with E-state index >= 15 is 0 Å². The second kappa shape index (κ2) is 5.85. The Bertz CT molecular complexity index is 675. The zero-order chi connectivity index (χ0) is 14.5. The lowest BCUT2D eigenvalue weighted by atomic mass is 10.2. The zero-order valence-corrected chi connectivity index (χ0v) is 10.8. The Hall–Kier alpha value is -2.87. The Labute approximate surface area is 115 Å². The Balaban J connectivity index is 2.16. The lowest BCUT2D eigenvalue weighted by Crippen LogP contribution is -2.05. The fraction of sp³-hybridized carbons (Fsp3) is 0.0667. The summed E-state index contributed by atoms with van der Waals surface area (Å²) in [6.45, 7) is 1.43. The van der Waals surface area contributed by atoms with Crippen molar-refractivity contribution in [3.63, 3.8) is 0 Å². The molecule has 1 amide bonds. The van der Waals surface area contributed by atoms with E-state index in [9.17, 15) is 9.18 Å². The predicted molar refractivity (Wildman–Crippen MR) is 75.1 cm³/mol. The molecule has 0 aromatic heterocycles. The van der Waals surface area contributed by atoms with E-state index in [4.69, 9.17) is 5.26 Å². The van der Waals surface area contributed by atoms with Gasteiger partial charge < -0.3 is 10.6 Å². The van der Waals surface area contributed by atoms with Crippen LogP contribution in [0.15, 0.2) is 42.5 Å². The van der Waals surface area contributed by atoms with Crippen molar-refractivity contribution in [3.8, 4) is 6.07 Å². The molecule has 0 bridgehead atoms. The van der Waals surface area contributed by atoms with Gasteiger partial charge in [-0.2, -0.15) is 5.26 Å². The Morgan fingerprint density at radius 1 is 1.10 bits per heavy atom. The molecule has 4 nitrogen and oxygen atoms in total. The van der Waals surface area contributed by atoms with E-state index < -0.39 is 5.82 Å². The molecule has 0 unspecified atom stereocenters. The quantitative estimate of drug-likeness (QED) is 0.897. The van der Waals surface area contributed by atoms with Gasteiger partial charge in [-0.25, -0.2) is 4.39 Å². The van der Waals surface area contributed by atoms with Crippen molar-refractivity contribution in [2.45, 2.75) is 6.92 Å². The third kappa shape index (κ3) is 3.56. The van der Waals surface area contributed by atoms with Gasteiger partial charge in [0, 0.05) is 24.0 Å². The lowest BCUT2D eigenvalue weighted by Gasteiger charge is -2.08. The molecule has 0 radical (unpaired) electrons. The van der Waals surface area contributed by atoms with Crippen LogP contribution in [-0.2, 0) is 4.79 Å². The number of nitrogens with zero attached hydrogens (tertiary/aromatic N) is 1. The van der Waals surface area contributed by atoms with Crippen LogP contribution in [0.2, 0.25) is 0 Å². The van der Waals surface area contributed by atoms with E-state index in [-0.39, 0.29) is 11.5 Å². The first-order valence-electron chi connectivity index (χ1n) is 5.92. The molecule has 0 saturated carbocycles. The van der Waals surface area contributed by atoms with Gasteiger partial charge in [-0.3, -0.25) is 4.79 Å². The number of amides is 1. The molecule has 2 rings (SSSR count). The van der Waals surface area contributed by atoms with Crippen molar-refractivity contribution in [1.29, 1.82) is 5.26 Å². The monoisotopic (exact) mass is 269 g/mol. The van der Waals surface area contributed by atoms with E-state index in [1.54, 1.807) is 30.3 Å². The highest BCUT2D eigenvalue weighted by atomic mass is 19.1. The van der Waals surface area contributed by atoms with Crippen LogP contribution in [0, 0.1) is 17.1 Å². The van der Waals surface area contributed by atoms with Crippen LogP contribution in [0.5, 0.6) is 0 Å². The van der Waals surface area contributed by atoms with Crippen molar-refractivity contribution in [2.75, 3.05) is 10.6 Å². The molecule has 0 aliphatic rings.